The van der Waals surface area contributed by atoms with Gasteiger partial charge in [0.25, 0.3) is 0 Å². The lowest BCUT2D eigenvalue weighted by molar-refractivity contribution is -0.140. The molecule has 2 rings (SSSR count). The van der Waals surface area contributed by atoms with Crippen molar-refractivity contribution >= 4 is 11.5 Å². The van der Waals surface area contributed by atoms with Crippen LogP contribution in [0.5, 0.6) is 0 Å². The summed E-state index contributed by atoms with van der Waals surface area (Å²) < 4.78 is 54.6. The van der Waals surface area contributed by atoms with Gasteiger partial charge in [-0.2, -0.15) is 13.2 Å². The van der Waals surface area contributed by atoms with Crippen LogP contribution in [-0.2, 0) is 6.18 Å². The third-order valence-corrected chi connectivity index (χ3v) is 3.12. The number of nitrogens with zero attached hydrogens (tertiary/aromatic N) is 2. The average molecular weight is 291 g/mol. The van der Waals surface area contributed by atoms with E-state index in [0.717, 1.165) is 23.7 Å². The first-order valence-electron chi connectivity index (χ1n) is 5.24. The van der Waals surface area contributed by atoms with E-state index in [1.165, 1.54) is 6.07 Å². The van der Waals surface area contributed by atoms with Crippen LogP contribution in [0, 0.1) is 5.82 Å². The molecule has 1 N–H and O–H groups in total. The molecular weight excluding hydrogens is 282 g/mol. The number of rotatable bonds is 3. The lowest BCUT2D eigenvalue weighted by atomic mass is 10.0. The zero-order valence-electron chi connectivity index (χ0n) is 9.70. The number of benzene rings is 1. The SMILES string of the molecule is CNC(c1ccc(C(F)(F)F)c(F)c1)c1csnn1. The molecule has 0 fully saturated rings. The molecular formula is C11H9F4N3S. The van der Waals surface area contributed by atoms with Gasteiger partial charge in [0.2, 0.25) is 0 Å². The number of aromatic nitrogens is 2. The lowest BCUT2D eigenvalue weighted by Crippen LogP contribution is -2.19. The maximum atomic E-state index is 13.5. The van der Waals surface area contributed by atoms with Crippen LogP contribution in [0.1, 0.15) is 22.9 Å². The van der Waals surface area contributed by atoms with Crippen molar-refractivity contribution in [1.29, 1.82) is 0 Å². The summed E-state index contributed by atoms with van der Waals surface area (Å²) in [5.41, 5.74) is -0.380. The first-order valence-corrected chi connectivity index (χ1v) is 6.08. The second-order valence-electron chi connectivity index (χ2n) is 3.79. The zero-order valence-corrected chi connectivity index (χ0v) is 10.5. The van der Waals surface area contributed by atoms with Gasteiger partial charge < -0.3 is 5.32 Å². The molecule has 1 unspecified atom stereocenters. The van der Waals surface area contributed by atoms with E-state index in [9.17, 15) is 17.6 Å². The normalized spacial score (nSPS) is 13.5. The van der Waals surface area contributed by atoms with Gasteiger partial charge in [-0.3, -0.25) is 0 Å². The Morgan fingerprint density at radius 1 is 1.32 bits per heavy atom. The van der Waals surface area contributed by atoms with E-state index in [0.29, 0.717) is 11.3 Å². The van der Waals surface area contributed by atoms with Crippen molar-refractivity contribution in [2.45, 2.75) is 12.2 Å². The maximum absolute atomic E-state index is 13.5. The molecule has 2 aromatic rings. The minimum atomic E-state index is -4.69. The number of halogens is 4. The second-order valence-corrected chi connectivity index (χ2v) is 4.40. The number of hydrogen-bond donors (Lipinski definition) is 1. The van der Waals surface area contributed by atoms with Crippen LogP contribution in [-0.4, -0.2) is 16.6 Å². The molecule has 0 bridgehead atoms. The molecule has 19 heavy (non-hydrogen) atoms. The summed E-state index contributed by atoms with van der Waals surface area (Å²) >= 11 is 1.11. The minimum Gasteiger partial charge on any atom is -0.308 e. The van der Waals surface area contributed by atoms with Crippen LogP contribution in [0.15, 0.2) is 23.6 Å². The Balaban J connectivity index is 2.39. The molecule has 3 nitrogen and oxygen atoms in total. The highest BCUT2D eigenvalue weighted by atomic mass is 32.1. The molecule has 102 valence electrons. The van der Waals surface area contributed by atoms with Crippen molar-refractivity contribution in [3.8, 4) is 0 Å². The van der Waals surface area contributed by atoms with Crippen LogP contribution in [0.4, 0.5) is 17.6 Å². The Bertz CT molecular complexity index is 554. The summed E-state index contributed by atoms with van der Waals surface area (Å²) in [6.07, 6.45) is -4.69. The van der Waals surface area contributed by atoms with Crippen molar-refractivity contribution < 1.29 is 17.6 Å². The van der Waals surface area contributed by atoms with Gasteiger partial charge in [-0.15, -0.1) is 5.10 Å². The van der Waals surface area contributed by atoms with E-state index < -0.39 is 23.6 Å². The van der Waals surface area contributed by atoms with Crippen molar-refractivity contribution in [2.24, 2.45) is 0 Å². The van der Waals surface area contributed by atoms with Crippen LogP contribution in [0.25, 0.3) is 0 Å². The molecule has 8 heteroatoms. The van der Waals surface area contributed by atoms with Crippen LogP contribution in [0.2, 0.25) is 0 Å². The Labute approximate surface area is 110 Å². The lowest BCUT2D eigenvalue weighted by Gasteiger charge is -2.15. The largest absolute Gasteiger partial charge is 0.419 e. The number of alkyl halides is 3. The maximum Gasteiger partial charge on any atom is 0.419 e. The Hall–Kier alpha value is -1.54. The number of hydrogen-bond acceptors (Lipinski definition) is 4. The predicted octanol–water partition coefficient (Wildman–Crippen LogP) is 3.00. The molecule has 1 aromatic heterocycles. The monoisotopic (exact) mass is 291 g/mol. The van der Waals surface area contributed by atoms with Crippen molar-refractivity contribution in [1.82, 2.24) is 14.9 Å². The molecule has 0 amide bonds. The first kappa shape index (κ1) is 13.9. The highest BCUT2D eigenvalue weighted by Gasteiger charge is 2.34. The standard InChI is InChI=1S/C11H9F4N3S/c1-16-10(9-5-19-18-17-9)6-2-3-7(8(12)4-6)11(13,14)15/h2-5,10,16H,1H3. The Morgan fingerprint density at radius 3 is 2.53 bits per heavy atom. The van der Waals surface area contributed by atoms with Gasteiger partial charge >= 0.3 is 6.18 Å². The van der Waals surface area contributed by atoms with Gasteiger partial charge in [0.1, 0.15) is 5.82 Å². The Morgan fingerprint density at radius 2 is 2.05 bits per heavy atom. The highest BCUT2D eigenvalue weighted by molar-refractivity contribution is 7.03. The van der Waals surface area contributed by atoms with Gasteiger partial charge in [0.05, 0.1) is 17.3 Å². The predicted molar refractivity (Wildman–Crippen MR) is 62.2 cm³/mol. The van der Waals surface area contributed by atoms with E-state index in [2.05, 4.69) is 14.9 Å². The third-order valence-electron chi connectivity index (χ3n) is 2.59. The van der Waals surface area contributed by atoms with Crippen molar-refractivity contribution in [3.05, 3.63) is 46.2 Å². The molecule has 0 saturated heterocycles. The second kappa shape index (κ2) is 5.22. The van der Waals surface area contributed by atoms with E-state index in [-0.39, 0.29) is 0 Å². The molecule has 0 spiro atoms. The van der Waals surface area contributed by atoms with Crippen LogP contribution < -0.4 is 5.32 Å². The van der Waals surface area contributed by atoms with Gasteiger partial charge in [-0.25, -0.2) is 4.39 Å². The topological polar surface area (TPSA) is 37.8 Å². The van der Waals surface area contributed by atoms with Crippen LogP contribution in [0.3, 0.4) is 0 Å². The fourth-order valence-electron chi connectivity index (χ4n) is 1.72. The molecule has 1 atom stereocenters. The average Bonchev–Trinajstić information content (AvgIpc) is 2.82. The molecule has 1 aromatic carbocycles. The van der Waals surface area contributed by atoms with Gasteiger partial charge in [-0.05, 0) is 36.3 Å². The van der Waals surface area contributed by atoms with Crippen molar-refractivity contribution in [3.63, 3.8) is 0 Å². The summed E-state index contributed by atoms with van der Waals surface area (Å²) in [7, 11) is 1.61. The molecule has 1 heterocycles. The molecule has 0 radical (unpaired) electrons. The fourth-order valence-corrected chi connectivity index (χ4v) is 2.20. The quantitative estimate of drug-likeness (QED) is 0.883. The summed E-state index contributed by atoms with van der Waals surface area (Å²) in [5, 5.41) is 8.34. The molecule has 0 aliphatic heterocycles. The van der Waals surface area contributed by atoms with E-state index in [1.807, 2.05) is 0 Å². The Kier molecular flexibility index (Phi) is 3.81. The summed E-state index contributed by atoms with van der Waals surface area (Å²) in [6, 6.07) is 2.33. The molecule has 0 saturated carbocycles. The minimum absolute atomic E-state index is 0.362. The van der Waals surface area contributed by atoms with Crippen molar-refractivity contribution in [2.75, 3.05) is 7.05 Å². The van der Waals surface area contributed by atoms with E-state index in [1.54, 1.807) is 12.4 Å². The zero-order chi connectivity index (χ0) is 14.0. The summed E-state index contributed by atoms with van der Waals surface area (Å²) in [5.74, 6) is -1.30. The van der Waals surface area contributed by atoms with Gasteiger partial charge in [-0.1, -0.05) is 10.6 Å². The highest BCUT2D eigenvalue weighted by Crippen LogP contribution is 2.33. The smallest absolute Gasteiger partial charge is 0.308 e. The molecule has 0 aliphatic carbocycles. The van der Waals surface area contributed by atoms with Crippen LogP contribution >= 0.6 is 11.5 Å². The summed E-state index contributed by atoms with van der Waals surface area (Å²) in [6.45, 7) is 0. The third kappa shape index (κ3) is 2.90. The van der Waals surface area contributed by atoms with Gasteiger partial charge in [0, 0.05) is 5.38 Å². The summed E-state index contributed by atoms with van der Waals surface area (Å²) in [4.78, 5) is 0. The van der Waals surface area contributed by atoms with E-state index in [4.69, 9.17) is 0 Å². The van der Waals surface area contributed by atoms with Gasteiger partial charge in [0.15, 0.2) is 0 Å². The molecule has 0 aliphatic rings. The fraction of sp³-hybridized carbons (Fsp3) is 0.273. The first-order chi connectivity index (χ1) is 8.93. The number of nitrogens with one attached hydrogen (secondary N) is 1. The van der Waals surface area contributed by atoms with E-state index >= 15 is 0 Å².